The predicted molar refractivity (Wildman–Crippen MR) is 91.7 cm³/mol. The zero-order chi connectivity index (χ0) is 15.6. The van der Waals surface area contributed by atoms with Gasteiger partial charge < -0.3 is 14.3 Å². The number of hydrogen-bond acceptors (Lipinski definition) is 2. The molecule has 116 valence electrons. The summed E-state index contributed by atoms with van der Waals surface area (Å²) in [5.41, 5.74) is 2.14. The van der Waals surface area contributed by atoms with E-state index in [-0.39, 0.29) is 6.10 Å². The van der Waals surface area contributed by atoms with Gasteiger partial charge in [-0.2, -0.15) is 0 Å². The largest absolute Gasteiger partial charge is 0.489 e. The summed E-state index contributed by atoms with van der Waals surface area (Å²) in [6.07, 6.45) is 2.47. The molecule has 1 heterocycles. The molecule has 21 heavy (non-hydrogen) atoms. The van der Waals surface area contributed by atoms with Crippen LogP contribution in [-0.2, 0) is 0 Å². The molecule has 0 radical (unpaired) electrons. The SMILES string of the molecule is CCC(CC)C(C)n1c(=S)[nH]c2c(OC(C)C)cccc21. The first kappa shape index (κ1) is 16.1. The van der Waals surface area contributed by atoms with Gasteiger partial charge in [-0.1, -0.05) is 32.8 Å². The molecular formula is C17H26N2OS. The number of aromatic amines is 1. The fraction of sp³-hybridized carbons (Fsp3) is 0.588. The molecule has 1 aromatic heterocycles. The van der Waals surface area contributed by atoms with Gasteiger partial charge in [0.2, 0.25) is 0 Å². The van der Waals surface area contributed by atoms with E-state index in [2.05, 4.69) is 36.4 Å². The van der Waals surface area contributed by atoms with Crippen molar-refractivity contribution in [3.05, 3.63) is 23.0 Å². The van der Waals surface area contributed by atoms with Crippen LogP contribution in [-0.4, -0.2) is 15.7 Å². The molecule has 0 spiro atoms. The number of H-pyrrole nitrogens is 1. The highest BCUT2D eigenvalue weighted by molar-refractivity contribution is 7.71. The smallest absolute Gasteiger partial charge is 0.178 e. The third-order valence-corrected chi connectivity index (χ3v) is 4.51. The lowest BCUT2D eigenvalue weighted by Crippen LogP contribution is -2.15. The third-order valence-electron chi connectivity index (χ3n) is 4.22. The first-order valence-corrected chi connectivity index (χ1v) is 8.30. The molecule has 1 aromatic carbocycles. The van der Waals surface area contributed by atoms with Crippen LogP contribution in [0.2, 0.25) is 0 Å². The number of nitrogens with zero attached hydrogens (tertiary/aromatic N) is 1. The number of hydrogen-bond donors (Lipinski definition) is 1. The Kier molecular flexibility index (Phi) is 5.09. The molecule has 3 nitrogen and oxygen atoms in total. The molecule has 2 rings (SSSR count). The minimum absolute atomic E-state index is 0.150. The zero-order valence-electron chi connectivity index (χ0n) is 13.6. The van der Waals surface area contributed by atoms with Crippen LogP contribution in [0.5, 0.6) is 5.75 Å². The highest BCUT2D eigenvalue weighted by Crippen LogP contribution is 2.32. The van der Waals surface area contributed by atoms with Gasteiger partial charge >= 0.3 is 0 Å². The molecule has 0 saturated carbocycles. The van der Waals surface area contributed by atoms with Crippen molar-refractivity contribution in [1.29, 1.82) is 0 Å². The highest BCUT2D eigenvalue weighted by Gasteiger charge is 2.19. The van der Waals surface area contributed by atoms with Gasteiger partial charge in [0, 0.05) is 6.04 Å². The summed E-state index contributed by atoms with van der Waals surface area (Å²) in [5.74, 6) is 1.51. The summed E-state index contributed by atoms with van der Waals surface area (Å²) >= 11 is 5.57. The average molecular weight is 306 g/mol. The number of fused-ring (bicyclic) bond motifs is 1. The number of benzene rings is 1. The van der Waals surface area contributed by atoms with Crippen molar-refractivity contribution in [1.82, 2.24) is 9.55 Å². The van der Waals surface area contributed by atoms with Crippen LogP contribution in [0.4, 0.5) is 0 Å². The first-order valence-electron chi connectivity index (χ1n) is 7.89. The molecule has 0 saturated heterocycles. The molecule has 0 aliphatic rings. The van der Waals surface area contributed by atoms with E-state index in [0.29, 0.717) is 12.0 Å². The normalized spacial score (nSPS) is 13.3. The van der Waals surface area contributed by atoms with Gasteiger partial charge in [-0.3, -0.25) is 0 Å². The van der Waals surface area contributed by atoms with Crippen LogP contribution >= 0.6 is 12.2 Å². The van der Waals surface area contributed by atoms with Crippen LogP contribution in [0.1, 0.15) is 53.5 Å². The number of para-hydroxylation sites is 1. The summed E-state index contributed by atoms with van der Waals surface area (Å²) in [6, 6.07) is 6.54. The Morgan fingerprint density at radius 1 is 1.19 bits per heavy atom. The number of nitrogens with one attached hydrogen (secondary N) is 1. The second kappa shape index (κ2) is 6.65. The lowest BCUT2D eigenvalue weighted by atomic mass is 9.95. The molecule has 0 amide bonds. The Bertz CT molecular complexity index is 652. The maximum absolute atomic E-state index is 5.90. The number of rotatable bonds is 6. The van der Waals surface area contributed by atoms with Crippen LogP contribution in [0.15, 0.2) is 18.2 Å². The third kappa shape index (κ3) is 3.15. The number of aromatic nitrogens is 2. The Morgan fingerprint density at radius 2 is 1.86 bits per heavy atom. The van der Waals surface area contributed by atoms with Gasteiger partial charge in [-0.05, 0) is 51.0 Å². The maximum atomic E-state index is 5.90. The minimum Gasteiger partial charge on any atom is -0.489 e. The Balaban J connectivity index is 2.55. The Labute approximate surface area is 132 Å². The fourth-order valence-corrected chi connectivity index (χ4v) is 3.43. The molecule has 0 aliphatic heterocycles. The van der Waals surface area contributed by atoms with Gasteiger partial charge in [0.1, 0.15) is 11.3 Å². The van der Waals surface area contributed by atoms with Crippen LogP contribution in [0, 0.1) is 10.7 Å². The van der Waals surface area contributed by atoms with Gasteiger partial charge in [0.15, 0.2) is 4.77 Å². The van der Waals surface area contributed by atoms with Crippen LogP contribution < -0.4 is 4.74 Å². The summed E-state index contributed by atoms with van der Waals surface area (Å²) in [7, 11) is 0. The summed E-state index contributed by atoms with van der Waals surface area (Å²) < 4.78 is 8.93. The molecule has 2 aromatic rings. The molecular weight excluding hydrogens is 280 g/mol. The molecule has 1 N–H and O–H groups in total. The van der Waals surface area contributed by atoms with E-state index < -0.39 is 0 Å². The van der Waals surface area contributed by atoms with E-state index in [0.717, 1.165) is 34.4 Å². The van der Waals surface area contributed by atoms with Gasteiger partial charge in [0.05, 0.1) is 11.6 Å². The topological polar surface area (TPSA) is 29.9 Å². The van der Waals surface area contributed by atoms with Gasteiger partial charge in [-0.25, -0.2) is 0 Å². The van der Waals surface area contributed by atoms with E-state index in [9.17, 15) is 0 Å². The minimum atomic E-state index is 0.150. The second-order valence-electron chi connectivity index (χ2n) is 5.93. The molecule has 0 bridgehead atoms. The van der Waals surface area contributed by atoms with Crippen LogP contribution in [0.25, 0.3) is 11.0 Å². The van der Waals surface area contributed by atoms with Gasteiger partial charge in [-0.15, -0.1) is 0 Å². The molecule has 0 fully saturated rings. The standard InChI is InChI=1S/C17H26N2OS/c1-6-13(7-2)12(5)19-14-9-8-10-15(20-11(3)4)16(14)18-17(19)21/h8-13H,6-7H2,1-5H3,(H,18,21). The van der Waals surface area contributed by atoms with Crippen molar-refractivity contribution < 1.29 is 4.74 Å². The van der Waals surface area contributed by atoms with E-state index in [1.807, 2.05) is 26.0 Å². The molecule has 0 aliphatic carbocycles. The van der Waals surface area contributed by atoms with Gasteiger partial charge in [0.25, 0.3) is 0 Å². The quantitative estimate of drug-likeness (QED) is 0.716. The lowest BCUT2D eigenvalue weighted by Gasteiger charge is -2.23. The average Bonchev–Trinajstić information content (AvgIpc) is 2.76. The van der Waals surface area contributed by atoms with Crippen molar-refractivity contribution >= 4 is 23.3 Å². The number of imidazole rings is 1. The zero-order valence-corrected chi connectivity index (χ0v) is 14.5. The second-order valence-corrected chi connectivity index (χ2v) is 6.32. The van der Waals surface area contributed by atoms with E-state index in [4.69, 9.17) is 17.0 Å². The summed E-state index contributed by atoms with van der Waals surface area (Å²) in [4.78, 5) is 3.34. The molecule has 4 heteroatoms. The monoisotopic (exact) mass is 306 g/mol. The van der Waals surface area contributed by atoms with E-state index in [1.165, 1.54) is 0 Å². The predicted octanol–water partition coefficient (Wildman–Crippen LogP) is 5.48. The van der Waals surface area contributed by atoms with E-state index >= 15 is 0 Å². The maximum Gasteiger partial charge on any atom is 0.178 e. The van der Waals surface area contributed by atoms with E-state index in [1.54, 1.807) is 0 Å². The van der Waals surface area contributed by atoms with Crippen molar-refractivity contribution in [3.63, 3.8) is 0 Å². The Morgan fingerprint density at radius 3 is 2.43 bits per heavy atom. The van der Waals surface area contributed by atoms with Crippen molar-refractivity contribution in [2.75, 3.05) is 0 Å². The summed E-state index contributed by atoms with van der Waals surface area (Å²) in [6.45, 7) is 10.8. The molecule has 1 unspecified atom stereocenters. The lowest BCUT2D eigenvalue weighted by molar-refractivity contribution is 0.245. The van der Waals surface area contributed by atoms with Crippen LogP contribution in [0.3, 0.4) is 0 Å². The Hall–Kier alpha value is -1.29. The fourth-order valence-electron chi connectivity index (χ4n) is 3.06. The first-order chi connectivity index (χ1) is 9.99. The highest BCUT2D eigenvalue weighted by atomic mass is 32.1. The summed E-state index contributed by atoms with van der Waals surface area (Å²) in [5, 5.41) is 0. The van der Waals surface area contributed by atoms with Crippen molar-refractivity contribution in [3.8, 4) is 5.75 Å². The van der Waals surface area contributed by atoms with Crippen molar-refractivity contribution in [2.45, 2.75) is 59.6 Å². The van der Waals surface area contributed by atoms with Crippen molar-refractivity contribution in [2.24, 2.45) is 5.92 Å². The molecule has 1 atom stereocenters. The number of ether oxygens (including phenoxy) is 1.